The van der Waals surface area contributed by atoms with E-state index in [1.54, 1.807) is 4.90 Å². The van der Waals surface area contributed by atoms with Crippen molar-refractivity contribution in [2.24, 2.45) is 5.73 Å². The summed E-state index contributed by atoms with van der Waals surface area (Å²) < 4.78 is 0. The molecule has 0 fully saturated rings. The molecule has 0 bridgehead atoms. The highest BCUT2D eigenvalue weighted by molar-refractivity contribution is 5.85. The zero-order valence-corrected chi connectivity index (χ0v) is 12.2. The number of aryl methyl sites for hydroxylation is 1. The Bertz CT molecular complexity index is 363. The Morgan fingerprint density at radius 2 is 1.89 bits per heavy atom. The maximum absolute atomic E-state index is 11.8. The van der Waals surface area contributed by atoms with E-state index in [0.717, 1.165) is 12.0 Å². The van der Waals surface area contributed by atoms with Gasteiger partial charge in [0.2, 0.25) is 5.91 Å². The lowest BCUT2D eigenvalue weighted by atomic mass is 10.1. The lowest BCUT2D eigenvalue weighted by molar-refractivity contribution is -0.130. The molecule has 0 saturated heterocycles. The van der Waals surface area contributed by atoms with Crippen LogP contribution in [0, 0.1) is 6.92 Å². The molecule has 0 heterocycles. The lowest BCUT2D eigenvalue weighted by Gasteiger charge is -2.18. The topological polar surface area (TPSA) is 46.3 Å². The molecule has 1 amide bonds. The van der Waals surface area contributed by atoms with Crippen molar-refractivity contribution < 1.29 is 4.79 Å². The van der Waals surface area contributed by atoms with E-state index in [1.807, 2.05) is 14.0 Å². The number of nitrogens with two attached hydrogens (primary N) is 1. The minimum atomic E-state index is 0. The van der Waals surface area contributed by atoms with Crippen molar-refractivity contribution in [2.75, 3.05) is 7.05 Å². The third-order valence-corrected chi connectivity index (χ3v) is 2.78. The van der Waals surface area contributed by atoms with Crippen molar-refractivity contribution in [3.63, 3.8) is 0 Å². The highest BCUT2D eigenvalue weighted by atomic mass is 35.5. The Balaban J connectivity index is 0.00000289. The van der Waals surface area contributed by atoms with Gasteiger partial charge < -0.3 is 10.6 Å². The second-order valence-electron chi connectivity index (χ2n) is 4.75. The van der Waals surface area contributed by atoms with E-state index >= 15 is 0 Å². The molecule has 0 spiro atoms. The number of rotatable bonds is 5. The molecular formula is C14H23ClN2O. The molecule has 1 aromatic carbocycles. The van der Waals surface area contributed by atoms with Crippen LogP contribution in [0.3, 0.4) is 0 Å². The van der Waals surface area contributed by atoms with E-state index < -0.39 is 0 Å². The predicted molar refractivity (Wildman–Crippen MR) is 77.8 cm³/mol. The highest BCUT2D eigenvalue weighted by Gasteiger charge is 2.09. The first kappa shape index (κ1) is 16.9. The van der Waals surface area contributed by atoms with Gasteiger partial charge in [-0.2, -0.15) is 0 Å². The standard InChI is InChI=1S/C14H22N2O.ClH/c1-11-4-7-13(8-5-11)10-16(3)14(17)9-6-12(2)15;/h4-5,7-8,12H,6,9-10,15H2,1-3H3;1H. The number of halogens is 1. The first-order valence-corrected chi connectivity index (χ1v) is 6.04. The van der Waals surface area contributed by atoms with Gasteiger partial charge >= 0.3 is 0 Å². The molecular weight excluding hydrogens is 248 g/mol. The molecule has 0 aliphatic rings. The molecule has 0 saturated carbocycles. The molecule has 2 N–H and O–H groups in total. The van der Waals surface area contributed by atoms with Crippen molar-refractivity contribution >= 4 is 18.3 Å². The van der Waals surface area contributed by atoms with Crippen LogP contribution in [0.2, 0.25) is 0 Å². The number of amides is 1. The van der Waals surface area contributed by atoms with Crippen LogP contribution < -0.4 is 5.73 Å². The summed E-state index contributed by atoms with van der Waals surface area (Å²) >= 11 is 0. The Kier molecular flexibility index (Phi) is 7.64. The van der Waals surface area contributed by atoms with Crippen molar-refractivity contribution in [1.82, 2.24) is 4.90 Å². The molecule has 0 aliphatic carbocycles. The maximum atomic E-state index is 11.8. The smallest absolute Gasteiger partial charge is 0.222 e. The number of nitrogens with zero attached hydrogens (tertiary/aromatic N) is 1. The third-order valence-electron chi connectivity index (χ3n) is 2.78. The fourth-order valence-corrected chi connectivity index (χ4v) is 1.60. The van der Waals surface area contributed by atoms with Crippen LogP contribution in [0.5, 0.6) is 0 Å². The predicted octanol–water partition coefficient (Wildman–Crippen LogP) is 2.50. The molecule has 1 aromatic rings. The zero-order chi connectivity index (χ0) is 12.8. The fourth-order valence-electron chi connectivity index (χ4n) is 1.60. The van der Waals surface area contributed by atoms with Crippen LogP contribution in [-0.4, -0.2) is 23.9 Å². The Morgan fingerprint density at radius 1 is 1.33 bits per heavy atom. The van der Waals surface area contributed by atoms with E-state index in [9.17, 15) is 4.79 Å². The molecule has 1 rings (SSSR count). The van der Waals surface area contributed by atoms with Crippen molar-refractivity contribution in [1.29, 1.82) is 0 Å². The van der Waals surface area contributed by atoms with Gasteiger partial charge in [-0.3, -0.25) is 4.79 Å². The SMILES string of the molecule is Cc1ccc(CN(C)C(=O)CCC(C)N)cc1.Cl. The van der Waals surface area contributed by atoms with E-state index in [2.05, 4.69) is 31.2 Å². The molecule has 3 nitrogen and oxygen atoms in total. The van der Waals surface area contributed by atoms with Gasteiger partial charge in [0.15, 0.2) is 0 Å². The zero-order valence-electron chi connectivity index (χ0n) is 11.3. The first-order valence-electron chi connectivity index (χ1n) is 6.04. The first-order chi connectivity index (χ1) is 7.99. The fraction of sp³-hybridized carbons (Fsp3) is 0.500. The van der Waals surface area contributed by atoms with Crippen LogP contribution in [0.4, 0.5) is 0 Å². The van der Waals surface area contributed by atoms with Crippen LogP contribution >= 0.6 is 12.4 Å². The molecule has 102 valence electrons. The highest BCUT2D eigenvalue weighted by Crippen LogP contribution is 2.07. The van der Waals surface area contributed by atoms with Crippen molar-refractivity contribution in [2.45, 2.75) is 39.3 Å². The second kappa shape index (κ2) is 8.11. The van der Waals surface area contributed by atoms with Crippen LogP contribution in [0.15, 0.2) is 24.3 Å². The van der Waals surface area contributed by atoms with Crippen molar-refractivity contribution in [3.8, 4) is 0 Å². The van der Waals surface area contributed by atoms with Crippen molar-refractivity contribution in [3.05, 3.63) is 35.4 Å². The third kappa shape index (κ3) is 6.03. The summed E-state index contributed by atoms with van der Waals surface area (Å²) in [5.41, 5.74) is 8.03. The minimum Gasteiger partial charge on any atom is -0.341 e. The van der Waals surface area contributed by atoms with Gasteiger partial charge in [0.25, 0.3) is 0 Å². The number of carbonyl (C=O) groups is 1. The van der Waals surface area contributed by atoms with Gasteiger partial charge in [-0.1, -0.05) is 29.8 Å². The molecule has 1 unspecified atom stereocenters. The number of hydrogen-bond donors (Lipinski definition) is 1. The molecule has 1 atom stereocenters. The van der Waals surface area contributed by atoms with Gasteiger partial charge in [-0.15, -0.1) is 12.4 Å². The average Bonchev–Trinajstić information content (AvgIpc) is 2.28. The summed E-state index contributed by atoms with van der Waals surface area (Å²) in [5.74, 6) is 0.155. The largest absolute Gasteiger partial charge is 0.341 e. The van der Waals surface area contributed by atoms with Crippen LogP contribution in [0.1, 0.15) is 30.9 Å². The van der Waals surface area contributed by atoms with E-state index in [1.165, 1.54) is 5.56 Å². The summed E-state index contributed by atoms with van der Waals surface area (Å²) in [6.07, 6.45) is 1.27. The average molecular weight is 271 g/mol. The maximum Gasteiger partial charge on any atom is 0.222 e. The Morgan fingerprint density at radius 3 is 2.39 bits per heavy atom. The van der Waals surface area contributed by atoms with Gasteiger partial charge in [0, 0.05) is 26.1 Å². The molecule has 0 radical (unpaired) electrons. The van der Waals surface area contributed by atoms with Crippen LogP contribution in [-0.2, 0) is 11.3 Å². The summed E-state index contributed by atoms with van der Waals surface area (Å²) in [4.78, 5) is 13.5. The minimum absolute atomic E-state index is 0. The van der Waals surface area contributed by atoms with Crippen LogP contribution in [0.25, 0.3) is 0 Å². The molecule has 18 heavy (non-hydrogen) atoms. The Labute approximate surface area is 116 Å². The second-order valence-corrected chi connectivity index (χ2v) is 4.75. The normalized spacial score (nSPS) is 11.6. The summed E-state index contributed by atoms with van der Waals surface area (Å²) in [6.45, 7) is 4.65. The van der Waals surface area contributed by atoms with E-state index in [4.69, 9.17) is 5.73 Å². The van der Waals surface area contributed by atoms with E-state index in [-0.39, 0.29) is 24.4 Å². The summed E-state index contributed by atoms with van der Waals surface area (Å²) in [6, 6.07) is 8.34. The Hall–Kier alpha value is -1.06. The van der Waals surface area contributed by atoms with Gasteiger partial charge in [0.05, 0.1) is 0 Å². The van der Waals surface area contributed by atoms with Gasteiger partial charge in [-0.25, -0.2) is 0 Å². The number of carbonyl (C=O) groups excluding carboxylic acids is 1. The monoisotopic (exact) mass is 270 g/mol. The molecule has 0 aliphatic heterocycles. The lowest BCUT2D eigenvalue weighted by Crippen LogP contribution is -2.27. The summed E-state index contributed by atoms with van der Waals surface area (Å²) in [5, 5.41) is 0. The number of benzene rings is 1. The summed E-state index contributed by atoms with van der Waals surface area (Å²) in [7, 11) is 1.84. The molecule has 0 aromatic heterocycles. The van der Waals surface area contributed by atoms with Gasteiger partial charge in [-0.05, 0) is 25.8 Å². The van der Waals surface area contributed by atoms with E-state index in [0.29, 0.717) is 13.0 Å². The van der Waals surface area contributed by atoms with Gasteiger partial charge in [0.1, 0.15) is 0 Å². The quantitative estimate of drug-likeness (QED) is 0.894. The number of hydrogen-bond acceptors (Lipinski definition) is 2. The molecule has 4 heteroatoms.